The summed E-state index contributed by atoms with van der Waals surface area (Å²) in [6, 6.07) is 16.5. The third-order valence-corrected chi connectivity index (χ3v) is 5.17. The number of imidazole rings is 1. The number of esters is 1. The molecule has 7 heteroatoms. The number of hydrogen-bond acceptors (Lipinski definition) is 4. The molecule has 1 saturated carbocycles. The number of hydrogen-bond donors (Lipinski definition) is 1. The van der Waals surface area contributed by atoms with Crippen LogP contribution in [0, 0.1) is 0 Å². The Kier molecular flexibility index (Phi) is 5.70. The fourth-order valence-corrected chi connectivity index (χ4v) is 3.57. The molecule has 1 aliphatic carbocycles. The number of benzene rings is 2. The van der Waals surface area contributed by atoms with Crippen LogP contribution < -0.4 is 11.0 Å². The quantitative estimate of drug-likeness (QED) is 0.582. The predicted molar refractivity (Wildman–Crippen MR) is 113 cm³/mol. The van der Waals surface area contributed by atoms with E-state index in [0.29, 0.717) is 17.6 Å². The van der Waals surface area contributed by atoms with Gasteiger partial charge in [-0.05, 0) is 31.4 Å². The summed E-state index contributed by atoms with van der Waals surface area (Å²) < 4.78 is 8.66. The molecule has 2 aromatic carbocycles. The molecule has 0 radical (unpaired) electrons. The SMILES string of the molecule is CCCn1c(=O)n(CC(=O)OC(C(=O)NC2CC2)c2ccccc2)c2ccccc21. The fourth-order valence-electron chi connectivity index (χ4n) is 3.57. The van der Waals surface area contributed by atoms with Crippen LogP contribution in [0.1, 0.15) is 37.9 Å². The van der Waals surface area contributed by atoms with Gasteiger partial charge in [-0.1, -0.05) is 49.4 Å². The van der Waals surface area contributed by atoms with Crippen LogP contribution in [0.5, 0.6) is 0 Å². The molecule has 30 heavy (non-hydrogen) atoms. The van der Waals surface area contributed by atoms with Crippen molar-refractivity contribution >= 4 is 22.9 Å². The van der Waals surface area contributed by atoms with Crippen LogP contribution >= 0.6 is 0 Å². The fraction of sp³-hybridized carbons (Fsp3) is 0.348. The maximum absolute atomic E-state index is 12.9. The van der Waals surface area contributed by atoms with Crippen LogP contribution in [0.3, 0.4) is 0 Å². The van der Waals surface area contributed by atoms with Gasteiger partial charge >= 0.3 is 11.7 Å². The zero-order valence-corrected chi connectivity index (χ0v) is 16.9. The van der Waals surface area contributed by atoms with Gasteiger partial charge in [0.1, 0.15) is 6.54 Å². The Balaban J connectivity index is 1.59. The maximum atomic E-state index is 12.9. The van der Waals surface area contributed by atoms with Gasteiger partial charge in [-0.2, -0.15) is 0 Å². The third kappa shape index (κ3) is 4.15. The smallest absolute Gasteiger partial charge is 0.329 e. The number of ether oxygens (including phenoxy) is 1. The van der Waals surface area contributed by atoms with E-state index in [4.69, 9.17) is 4.74 Å². The molecule has 0 bridgehead atoms. The van der Waals surface area contributed by atoms with E-state index in [0.717, 1.165) is 24.8 Å². The average molecular weight is 407 g/mol. The van der Waals surface area contributed by atoms with Crippen molar-refractivity contribution in [2.75, 3.05) is 0 Å². The summed E-state index contributed by atoms with van der Waals surface area (Å²) in [5.74, 6) is -0.964. The second kappa shape index (κ2) is 8.57. The lowest BCUT2D eigenvalue weighted by atomic mass is 10.1. The molecular formula is C23H25N3O4. The van der Waals surface area contributed by atoms with Crippen molar-refractivity contribution in [3.63, 3.8) is 0 Å². The first-order valence-electron chi connectivity index (χ1n) is 10.3. The van der Waals surface area contributed by atoms with Crippen LogP contribution in [-0.4, -0.2) is 27.1 Å². The maximum Gasteiger partial charge on any atom is 0.329 e. The van der Waals surface area contributed by atoms with Crippen LogP contribution in [0.4, 0.5) is 0 Å². The van der Waals surface area contributed by atoms with Crippen LogP contribution in [0.2, 0.25) is 0 Å². The summed E-state index contributed by atoms with van der Waals surface area (Å²) in [5, 5.41) is 2.89. The minimum atomic E-state index is -1.04. The highest BCUT2D eigenvalue weighted by Gasteiger charge is 2.31. The first kappa shape index (κ1) is 19.9. The van der Waals surface area contributed by atoms with Gasteiger partial charge in [0.25, 0.3) is 5.91 Å². The Labute approximate surface area is 174 Å². The summed E-state index contributed by atoms with van der Waals surface area (Å²) in [7, 11) is 0. The van der Waals surface area contributed by atoms with Crippen LogP contribution in [0.15, 0.2) is 59.4 Å². The van der Waals surface area contributed by atoms with E-state index in [1.54, 1.807) is 28.8 Å². The van der Waals surface area contributed by atoms with Gasteiger partial charge in [-0.3, -0.25) is 18.7 Å². The Morgan fingerprint density at radius 2 is 1.67 bits per heavy atom. The van der Waals surface area contributed by atoms with Gasteiger partial charge in [0, 0.05) is 18.2 Å². The monoisotopic (exact) mass is 407 g/mol. The van der Waals surface area contributed by atoms with Gasteiger partial charge in [-0.15, -0.1) is 0 Å². The standard InChI is InChI=1S/C23H25N3O4/c1-2-14-25-18-10-6-7-11-19(18)26(23(25)29)15-20(27)30-21(16-8-4-3-5-9-16)22(28)24-17-12-13-17/h3-11,17,21H,2,12-15H2,1H3,(H,24,28). The number of carbonyl (C=O) groups is 2. The molecule has 0 aliphatic heterocycles. The first-order chi connectivity index (χ1) is 14.6. The number of nitrogens with one attached hydrogen (secondary N) is 1. The van der Waals surface area contributed by atoms with E-state index in [1.807, 2.05) is 37.3 Å². The number of carbonyl (C=O) groups excluding carboxylic acids is 2. The van der Waals surface area contributed by atoms with Gasteiger partial charge in [0.2, 0.25) is 6.10 Å². The number of fused-ring (bicyclic) bond motifs is 1. The van der Waals surface area contributed by atoms with E-state index in [9.17, 15) is 14.4 Å². The summed E-state index contributed by atoms with van der Waals surface area (Å²) >= 11 is 0. The molecule has 1 atom stereocenters. The topological polar surface area (TPSA) is 82.3 Å². The molecule has 4 rings (SSSR count). The highest BCUT2D eigenvalue weighted by molar-refractivity contribution is 5.86. The summed E-state index contributed by atoms with van der Waals surface area (Å²) in [6.45, 7) is 2.31. The van der Waals surface area contributed by atoms with Gasteiger partial charge < -0.3 is 10.1 Å². The Bertz CT molecular complexity index is 1110. The molecule has 1 heterocycles. The van der Waals surface area contributed by atoms with Gasteiger partial charge in [0.15, 0.2) is 0 Å². The van der Waals surface area contributed by atoms with Crippen molar-refractivity contribution in [3.05, 3.63) is 70.6 Å². The molecule has 1 fully saturated rings. The third-order valence-electron chi connectivity index (χ3n) is 5.17. The predicted octanol–water partition coefficient (Wildman–Crippen LogP) is 2.78. The molecule has 0 spiro atoms. The van der Waals surface area contributed by atoms with Crippen molar-refractivity contribution in [2.45, 2.75) is 51.4 Å². The summed E-state index contributed by atoms with van der Waals surface area (Å²) in [4.78, 5) is 38.4. The van der Waals surface area contributed by atoms with E-state index < -0.39 is 12.1 Å². The first-order valence-corrected chi connectivity index (χ1v) is 10.3. The minimum Gasteiger partial charge on any atom is -0.446 e. The number of nitrogens with zero attached hydrogens (tertiary/aromatic N) is 2. The van der Waals surface area contributed by atoms with Gasteiger partial charge in [-0.25, -0.2) is 4.79 Å². The molecule has 156 valence electrons. The highest BCUT2D eigenvalue weighted by Crippen LogP contribution is 2.23. The van der Waals surface area contributed by atoms with E-state index >= 15 is 0 Å². The van der Waals surface area contributed by atoms with Crippen molar-refractivity contribution in [2.24, 2.45) is 0 Å². The van der Waals surface area contributed by atoms with Crippen LogP contribution in [0.25, 0.3) is 11.0 Å². The average Bonchev–Trinajstić information content (AvgIpc) is 3.54. The molecule has 0 saturated heterocycles. The Morgan fingerprint density at radius 3 is 2.30 bits per heavy atom. The second-order valence-corrected chi connectivity index (χ2v) is 7.57. The normalized spacial score (nSPS) is 14.4. The second-order valence-electron chi connectivity index (χ2n) is 7.57. The number of rotatable bonds is 8. The van der Waals surface area contributed by atoms with E-state index in [2.05, 4.69) is 5.32 Å². The Hall–Kier alpha value is -3.35. The van der Waals surface area contributed by atoms with Crippen molar-refractivity contribution in [1.82, 2.24) is 14.5 Å². The molecule has 1 amide bonds. The number of aromatic nitrogens is 2. The number of aryl methyl sites for hydroxylation is 1. The van der Waals surface area contributed by atoms with E-state index in [-0.39, 0.29) is 24.2 Å². The molecule has 1 N–H and O–H groups in total. The summed E-state index contributed by atoms with van der Waals surface area (Å²) in [6.07, 6.45) is 1.63. The number of amides is 1. The van der Waals surface area contributed by atoms with Crippen LogP contribution in [-0.2, 0) is 27.4 Å². The highest BCUT2D eigenvalue weighted by atomic mass is 16.5. The zero-order valence-electron chi connectivity index (χ0n) is 16.9. The molecular weight excluding hydrogens is 382 g/mol. The van der Waals surface area contributed by atoms with E-state index in [1.165, 1.54) is 4.57 Å². The molecule has 7 nitrogen and oxygen atoms in total. The lowest BCUT2D eigenvalue weighted by Gasteiger charge is -2.18. The summed E-state index contributed by atoms with van der Waals surface area (Å²) in [5.41, 5.74) is 1.80. The van der Waals surface area contributed by atoms with Crippen molar-refractivity contribution < 1.29 is 14.3 Å². The molecule has 1 aromatic heterocycles. The Morgan fingerprint density at radius 1 is 1.03 bits per heavy atom. The van der Waals surface area contributed by atoms with Gasteiger partial charge in [0.05, 0.1) is 11.0 Å². The lowest BCUT2D eigenvalue weighted by Crippen LogP contribution is -2.35. The molecule has 1 aliphatic rings. The van der Waals surface area contributed by atoms with Crippen molar-refractivity contribution in [1.29, 1.82) is 0 Å². The lowest BCUT2D eigenvalue weighted by molar-refractivity contribution is -0.157. The van der Waals surface area contributed by atoms with Crippen molar-refractivity contribution in [3.8, 4) is 0 Å². The minimum absolute atomic E-state index is 0.150. The largest absolute Gasteiger partial charge is 0.446 e. The number of para-hydroxylation sites is 2. The zero-order chi connectivity index (χ0) is 21.1. The molecule has 3 aromatic rings. The molecule has 1 unspecified atom stereocenters.